The Balaban J connectivity index is 0. The Bertz CT molecular complexity index is 1210. The molecule has 0 aromatic carbocycles. The number of esters is 2. The standard InChI is InChI=1S/C22H41N3O3.C16H33N3.C7H10O3/c1-16(2)13-19(7)23-9-11-25(12-10-24-20(8)14-17(3)4)15-21(26)28-22(27)18(5)6;1-13(2)11-15(5)18-9-7-17-8-10-19-16(6)12-14(3)4;1-5(2)7(8)10-4-6-3-9-6/h16-17,21,26H,5,9-15H2,1-4,6-8H3;13-14,17H,7-12H2,1-6H3;6H,1,3-4H2,2H3. The molecule has 0 aromatic rings. The lowest BCUT2D eigenvalue weighted by Gasteiger charge is -2.24. The smallest absolute Gasteiger partial charge is 0.335 e. The molecule has 12 nitrogen and oxygen atoms in total. The number of nitrogens with one attached hydrogen (secondary N) is 1. The Hall–Kier alpha value is -3.06. The van der Waals surface area contributed by atoms with E-state index in [0.29, 0.717) is 68.6 Å². The number of rotatable bonds is 27. The molecule has 0 radical (unpaired) electrons. The predicted molar refractivity (Wildman–Crippen MR) is 241 cm³/mol. The Kier molecular flexibility index (Phi) is 33.3. The fraction of sp³-hybridized carbons (Fsp3) is 0.778. The van der Waals surface area contributed by atoms with Gasteiger partial charge < -0.3 is 24.6 Å². The average molecular weight is 805 g/mol. The number of epoxide rings is 1. The highest BCUT2D eigenvalue weighted by Crippen LogP contribution is 2.09. The minimum absolute atomic E-state index is 0.142. The summed E-state index contributed by atoms with van der Waals surface area (Å²) in [6.07, 6.45) is 3.14. The van der Waals surface area contributed by atoms with Crippen LogP contribution in [-0.2, 0) is 23.8 Å². The molecule has 0 saturated carbocycles. The molecule has 2 N–H and O–H groups in total. The molecule has 0 aliphatic carbocycles. The number of hydrogen-bond donors (Lipinski definition) is 2. The lowest BCUT2D eigenvalue weighted by atomic mass is 10.1. The second-order valence-corrected chi connectivity index (χ2v) is 16.9. The van der Waals surface area contributed by atoms with E-state index in [1.807, 2.05) is 18.7 Å². The second-order valence-electron chi connectivity index (χ2n) is 16.9. The van der Waals surface area contributed by atoms with Crippen LogP contribution >= 0.6 is 0 Å². The molecule has 1 aliphatic heterocycles. The van der Waals surface area contributed by atoms with E-state index in [-0.39, 0.29) is 24.2 Å². The number of nitrogens with zero attached hydrogens (tertiary/aromatic N) is 5. The van der Waals surface area contributed by atoms with Gasteiger partial charge in [0, 0.05) is 60.2 Å². The van der Waals surface area contributed by atoms with Crippen LogP contribution in [-0.4, -0.2) is 129 Å². The molecular weight excluding hydrogens is 721 g/mol. The van der Waals surface area contributed by atoms with E-state index in [4.69, 9.17) is 14.2 Å². The van der Waals surface area contributed by atoms with Crippen molar-refractivity contribution in [3.63, 3.8) is 0 Å². The van der Waals surface area contributed by atoms with E-state index in [0.717, 1.165) is 63.3 Å². The molecule has 12 heteroatoms. The minimum atomic E-state index is -1.19. The molecule has 1 heterocycles. The highest BCUT2D eigenvalue weighted by atomic mass is 16.6. The summed E-state index contributed by atoms with van der Waals surface area (Å²) in [5.74, 6) is 1.66. The van der Waals surface area contributed by atoms with E-state index < -0.39 is 12.3 Å². The van der Waals surface area contributed by atoms with Gasteiger partial charge in [0.05, 0.1) is 39.3 Å². The average Bonchev–Trinajstić information content (AvgIpc) is 3.90. The Morgan fingerprint density at radius 1 is 0.667 bits per heavy atom. The highest BCUT2D eigenvalue weighted by molar-refractivity contribution is 5.87. The van der Waals surface area contributed by atoms with Gasteiger partial charge in [-0.05, 0) is 90.9 Å². The van der Waals surface area contributed by atoms with Crippen molar-refractivity contribution in [1.82, 2.24) is 10.2 Å². The van der Waals surface area contributed by atoms with Crippen LogP contribution in [0.1, 0.15) is 123 Å². The molecular formula is C45H84N6O6. The lowest BCUT2D eigenvalue weighted by molar-refractivity contribution is -0.165. The molecule has 0 spiro atoms. The fourth-order valence-corrected chi connectivity index (χ4v) is 5.40. The second kappa shape index (κ2) is 33.9. The maximum atomic E-state index is 11.6. The third-order valence-electron chi connectivity index (χ3n) is 7.91. The molecule has 1 fully saturated rings. The molecule has 1 rings (SSSR count). The Morgan fingerprint density at radius 2 is 1.02 bits per heavy atom. The monoisotopic (exact) mass is 805 g/mol. The summed E-state index contributed by atoms with van der Waals surface area (Å²) >= 11 is 0. The molecule has 0 aromatic heterocycles. The van der Waals surface area contributed by atoms with Crippen LogP contribution in [0.15, 0.2) is 44.3 Å². The van der Waals surface area contributed by atoms with Crippen molar-refractivity contribution in [3.05, 3.63) is 24.3 Å². The molecule has 1 aliphatic rings. The van der Waals surface area contributed by atoms with Gasteiger partial charge in [0.2, 0.25) is 6.29 Å². The van der Waals surface area contributed by atoms with Gasteiger partial charge in [-0.25, -0.2) is 9.59 Å². The highest BCUT2D eigenvalue weighted by Gasteiger charge is 2.24. The fourth-order valence-electron chi connectivity index (χ4n) is 5.40. The van der Waals surface area contributed by atoms with Crippen LogP contribution in [0.4, 0.5) is 0 Å². The first-order chi connectivity index (χ1) is 26.6. The van der Waals surface area contributed by atoms with Crippen molar-refractivity contribution < 1.29 is 28.9 Å². The number of aliphatic hydroxyl groups is 1. The van der Waals surface area contributed by atoms with Gasteiger partial charge in [-0.2, -0.15) is 0 Å². The number of carbonyl (C=O) groups is 2. The summed E-state index contributed by atoms with van der Waals surface area (Å²) in [7, 11) is 0. The van der Waals surface area contributed by atoms with Gasteiger partial charge in [-0.15, -0.1) is 0 Å². The van der Waals surface area contributed by atoms with E-state index in [1.165, 1.54) is 11.4 Å². The Labute approximate surface area is 348 Å². The molecule has 2 atom stereocenters. The summed E-state index contributed by atoms with van der Waals surface area (Å²) in [5.41, 5.74) is 5.50. The topological polar surface area (TPSA) is 150 Å². The van der Waals surface area contributed by atoms with E-state index >= 15 is 0 Å². The van der Waals surface area contributed by atoms with Crippen molar-refractivity contribution in [2.75, 3.05) is 72.1 Å². The van der Waals surface area contributed by atoms with Crippen molar-refractivity contribution in [2.24, 2.45) is 43.6 Å². The van der Waals surface area contributed by atoms with Gasteiger partial charge in [0.1, 0.15) is 12.7 Å². The van der Waals surface area contributed by atoms with Crippen LogP contribution in [0.3, 0.4) is 0 Å². The normalized spacial score (nSPS) is 15.3. The van der Waals surface area contributed by atoms with Gasteiger partial charge in [-0.1, -0.05) is 68.5 Å². The first-order valence-corrected chi connectivity index (χ1v) is 21.0. The minimum Gasteiger partial charge on any atom is -0.459 e. The molecule has 1 saturated heterocycles. The lowest BCUT2D eigenvalue weighted by Crippen LogP contribution is -2.38. The number of ether oxygens (including phenoxy) is 3. The summed E-state index contributed by atoms with van der Waals surface area (Å²) in [4.78, 5) is 42.7. The largest absolute Gasteiger partial charge is 0.459 e. The van der Waals surface area contributed by atoms with E-state index in [1.54, 1.807) is 13.8 Å². The van der Waals surface area contributed by atoms with Gasteiger partial charge in [0.15, 0.2) is 0 Å². The predicted octanol–water partition coefficient (Wildman–Crippen LogP) is 7.83. The number of carbonyl (C=O) groups excluding carboxylic acids is 2. The summed E-state index contributed by atoms with van der Waals surface area (Å²) in [6.45, 7) is 43.8. The number of aliphatic hydroxyl groups excluding tert-OH is 1. The van der Waals surface area contributed by atoms with E-state index in [9.17, 15) is 14.7 Å². The van der Waals surface area contributed by atoms with Crippen molar-refractivity contribution >= 4 is 34.8 Å². The summed E-state index contributed by atoms with van der Waals surface area (Å²) in [6, 6.07) is 0. The maximum absolute atomic E-state index is 11.6. The third-order valence-corrected chi connectivity index (χ3v) is 7.91. The van der Waals surface area contributed by atoms with Crippen molar-refractivity contribution in [3.8, 4) is 0 Å². The van der Waals surface area contributed by atoms with Gasteiger partial charge in [-0.3, -0.25) is 24.9 Å². The number of aliphatic imine (C=N–C) groups is 4. The zero-order valence-corrected chi connectivity index (χ0v) is 38.7. The molecule has 0 bridgehead atoms. The molecule has 0 amide bonds. The zero-order valence-electron chi connectivity index (χ0n) is 38.7. The number of hydrogen-bond acceptors (Lipinski definition) is 12. The van der Waals surface area contributed by atoms with Crippen molar-refractivity contribution in [2.45, 2.75) is 135 Å². The SMILES string of the molecule is C=C(C)C(=O)OC(O)CN(CCN=C(C)CC(C)C)CCN=C(C)CC(C)C.C=C(C)C(=O)OCC1CO1.CC(CC(C)C)=NCCNCCN=C(C)CC(C)C. The van der Waals surface area contributed by atoms with Crippen LogP contribution in [0.2, 0.25) is 0 Å². The van der Waals surface area contributed by atoms with Gasteiger partial charge >= 0.3 is 11.9 Å². The first-order valence-electron chi connectivity index (χ1n) is 21.0. The third kappa shape index (κ3) is 39.5. The first kappa shape index (κ1) is 56.0. The summed E-state index contributed by atoms with van der Waals surface area (Å²) < 4.78 is 14.6. The van der Waals surface area contributed by atoms with Gasteiger partial charge in [0.25, 0.3) is 0 Å². The van der Waals surface area contributed by atoms with E-state index in [2.05, 4.69) is 108 Å². The molecule has 57 heavy (non-hydrogen) atoms. The Morgan fingerprint density at radius 3 is 1.33 bits per heavy atom. The quantitative estimate of drug-likeness (QED) is 0.0213. The van der Waals surface area contributed by atoms with Crippen LogP contribution in [0.5, 0.6) is 0 Å². The zero-order chi connectivity index (χ0) is 43.9. The van der Waals surface area contributed by atoms with Crippen LogP contribution in [0, 0.1) is 23.7 Å². The molecule has 2 unspecified atom stereocenters. The van der Waals surface area contributed by atoms with Crippen LogP contribution in [0.25, 0.3) is 0 Å². The molecule has 330 valence electrons. The maximum Gasteiger partial charge on any atom is 0.335 e. The van der Waals surface area contributed by atoms with Crippen molar-refractivity contribution in [1.29, 1.82) is 0 Å². The summed E-state index contributed by atoms with van der Waals surface area (Å²) in [5, 5.41) is 13.5. The van der Waals surface area contributed by atoms with Crippen LogP contribution < -0.4 is 5.32 Å².